The van der Waals surface area contributed by atoms with Crippen LogP contribution in [0.5, 0.6) is 0 Å². The Morgan fingerprint density at radius 2 is 2.10 bits per heavy atom. The predicted octanol–water partition coefficient (Wildman–Crippen LogP) is 1.37. The molecule has 1 saturated heterocycles. The smallest absolute Gasteiger partial charge is 0.291 e. The summed E-state index contributed by atoms with van der Waals surface area (Å²) in [6, 6.07) is -0.280. The first-order chi connectivity index (χ1) is 9.21. The summed E-state index contributed by atoms with van der Waals surface area (Å²) in [7, 11) is -1.40. The van der Waals surface area contributed by atoms with Crippen LogP contribution in [0.15, 0.2) is 4.42 Å². The summed E-state index contributed by atoms with van der Waals surface area (Å²) in [5.74, 6) is 0.624. The molecule has 1 aliphatic heterocycles. The van der Waals surface area contributed by atoms with Crippen LogP contribution in [0.3, 0.4) is 0 Å². The summed E-state index contributed by atoms with van der Waals surface area (Å²) in [6.45, 7) is 5.57. The second kappa shape index (κ2) is 5.20. The lowest BCUT2D eigenvalue weighted by atomic mass is 10.1. The number of aryl methyl sites for hydroxylation is 1. The van der Waals surface area contributed by atoms with Gasteiger partial charge in [-0.2, -0.15) is 0 Å². The molecule has 1 atom stereocenters. The van der Waals surface area contributed by atoms with Crippen LogP contribution < -0.4 is 0 Å². The van der Waals surface area contributed by atoms with E-state index in [9.17, 15) is 13.2 Å². The van der Waals surface area contributed by atoms with Gasteiger partial charge >= 0.3 is 0 Å². The van der Waals surface area contributed by atoms with E-state index in [0.29, 0.717) is 18.0 Å². The van der Waals surface area contributed by atoms with Gasteiger partial charge in [0.25, 0.3) is 5.91 Å². The molecule has 1 aromatic rings. The van der Waals surface area contributed by atoms with E-state index in [1.165, 1.54) is 4.90 Å². The van der Waals surface area contributed by atoms with E-state index in [4.69, 9.17) is 4.42 Å². The van der Waals surface area contributed by atoms with Crippen molar-refractivity contribution < 1.29 is 17.6 Å². The summed E-state index contributed by atoms with van der Waals surface area (Å²) in [6.07, 6.45) is 0.481. The van der Waals surface area contributed by atoms with Crippen LogP contribution in [0.2, 0.25) is 0 Å². The first-order valence-corrected chi connectivity index (χ1v) is 8.48. The lowest BCUT2D eigenvalue weighted by Crippen LogP contribution is -2.38. The number of sulfone groups is 1. The normalized spacial score (nSPS) is 21.4. The quantitative estimate of drug-likeness (QED) is 0.842. The average Bonchev–Trinajstić information content (AvgIpc) is 2.90. The molecule has 1 unspecified atom stereocenters. The van der Waals surface area contributed by atoms with Gasteiger partial charge in [0.15, 0.2) is 15.7 Å². The molecule has 0 N–H and O–H groups in total. The molecule has 7 heteroatoms. The van der Waals surface area contributed by atoms with Crippen LogP contribution in [0.4, 0.5) is 0 Å². The zero-order chi connectivity index (χ0) is 15.1. The highest BCUT2D eigenvalue weighted by molar-refractivity contribution is 7.91. The molecular formula is C13H20N2O4S. The van der Waals surface area contributed by atoms with Crippen molar-refractivity contribution in [2.45, 2.75) is 39.2 Å². The number of aromatic nitrogens is 1. The van der Waals surface area contributed by atoms with E-state index in [-0.39, 0.29) is 35.1 Å². The lowest BCUT2D eigenvalue weighted by molar-refractivity contribution is 0.0712. The fourth-order valence-corrected chi connectivity index (χ4v) is 4.17. The van der Waals surface area contributed by atoms with Crippen LogP contribution >= 0.6 is 0 Å². The Bertz CT molecular complexity index is 618. The average molecular weight is 300 g/mol. The molecule has 0 radical (unpaired) electrons. The molecule has 1 amide bonds. The van der Waals surface area contributed by atoms with Crippen LogP contribution in [-0.4, -0.2) is 48.8 Å². The van der Waals surface area contributed by atoms with Gasteiger partial charge in [0.1, 0.15) is 0 Å². The molecule has 2 rings (SSSR count). The first kappa shape index (κ1) is 15.0. The fourth-order valence-electron chi connectivity index (χ4n) is 2.39. The molecule has 6 nitrogen and oxygen atoms in total. The molecule has 0 spiro atoms. The van der Waals surface area contributed by atoms with Crippen molar-refractivity contribution in [1.82, 2.24) is 9.88 Å². The summed E-state index contributed by atoms with van der Waals surface area (Å²) >= 11 is 0. The number of rotatable bonds is 3. The third kappa shape index (κ3) is 2.87. The third-order valence-corrected chi connectivity index (χ3v) is 5.33. The van der Waals surface area contributed by atoms with Gasteiger partial charge in [-0.3, -0.25) is 4.79 Å². The van der Waals surface area contributed by atoms with Gasteiger partial charge in [-0.15, -0.1) is 0 Å². The number of nitrogens with zero attached hydrogens (tertiary/aromatic N) is 2. The topological polar surface area (TPSA) is 80.5 Å². The van der Waals surface area contributed by atoms with Crippen molar-refractivity contribution in [3.8, 4) is 0 Å². The SMILES string of the molecule is Cc1nc(C(C)C)c(C(=O)N(C)C2CCS(=O)(=O)C2)o1. The van der Waals surface area contributed by atoms with Crippen LogP contribution in [0.1, 0.15) is 48.3 Å². The second-order valence-electron chi connectivity index (χ2n) is 5.57. The van der Waals surface area contributed by atoms with E-state index in [2.05, 4.69) is 4.98 Å². The largest absolute Gasteiger partial charge is 0.436 e. The Hall–Kier alpha value is -1.37. The van der Waals surface area contributed by atoms with Gasteiger partial charge in [-0.1, -0.05) is 13.8 Å². The molecule has 0 aliphatic carbocycles. The second-order valence-corrected chi connectivity index (χ2v) is 7.80. The maximum Gasteiger partial charge on any atom is 0.291 e. The lowest BCUT2D eigenvalue weighted by Gasteiger charge is -2.22. The zero-order valence-electron chi connectivity index (χ0n) is 12.2. The summed E-state index contributed by atoms with van der Waals surface area (Å²) < 4.78 is 28.4. The van der Waals surface area contributed by atoms with Crippen molar-refractivity contribution >= 4 is 15.7 Å². The number of carbonyl (C=O) groups excluding carboxylic acids is 1. The fraction of sp³-hybridized carbons (Fsp3) is 0.692. The molecule has 20 heavy (non-hydrogen) atoms. The highest BCUT2D eigenvalue weighted by Gasteiger charge is 2.35. The van der Waals surface area contributed by atoms with Crippen LogP contribution in [-0.2, 0) is 9.84 Å². The van der Waals surface area contributed by atoms with Crippen molar-refractivity contribution in [2.24, 2.45) is 0 Å². The molecule has 1 aromatic heterocycles. The summed E-state index contributed by atoms with van der Waals surface area (Å²) in [5.41, 5.74) is 0.625. The number of oxazole rings is 1. The first-order valence-electron chi connectivity index (χ1n) is 6.66. The Morgan fingerprint density at radius 3 is 2.60 bits per heavy atom. The van der Waals surface area contributed by atoms with Gasteiger partial charge < -0.3 is 9.32 Å². The summed E-state index contributed by atoms with van der Waals surface area (Å²) in [5, 5.41) is 0. The van der Waals surface area contributed by atoms with Gasteiger partial charge in [0, 0.05) is 20.0 Å². The minimum absolute atomic E-state index is 0.0272. The molecular weight excluding hydrogens is 280 g/mol. The highest BCUT2D eigenvalue weighted by Crippen LogP contribution is 2.24. The van der Waals surface area contributed by atoms with E-state index >= 15 is 0 Å². The molecule has 1 aliphatic rings. The highest BCUT2D eigenvalue weighted by atomic mass is 32.2. The van der Waals surface area contributed by atoms with Gasteiger partial charge in [0.2, 0.25) is 5.76 Å². The monoisotopic (exact) mass is 300 g/mol. The molecule has 0 saturated carbocycles. The van der Waals surface area contributed by atoms with Crippen molar-refractivity contribution in [3.63, 3.8) is 0 Å². The van der Waals surface area contributed by atoms with Crippen LogP contribution in [0.25, 0.3) is 0 Å². The number of hydrogen-bond acceptors (Lipinski definition) is 5. The molecule has 112 valence electrons. The van der Waals surface area contributed by atoms with E-state index < -0.39 is 9.84 Å². The van der Waals surface area contributed by atoms with Crippen molar-refractivity contribution in [1.29, 1.82) is 0 Å². The Labute approximate surface area is 119 Å². The van der Waals surface area contributed by atoms with Crippen molar-refractivity contribution in [2.75, 3.05) is 18.6 Å². The van der Waals surface area contributed by atoms with Gasteiger partial charge in [0.05, 0.1) is 17.2 Å². The maximum atomic E-state index is 12.5. The minimum atomic E-state index is -3.02. The summed E-state index contributed by atoms with van der Waals surface area (Å²) in [4.78, 5) is 18.2. The number of hydrogen-bond donors (Lipinski definition) is 0. The van der Waals surface area contributed by atoms with E-state index in [1.807, 2.05) is 13.8 Å². The Kier molecular flexibility index (Phi) is 3.90. The van der Waals surface area contributed by atoms with Gasteiger partial charge in [-0.25, -0.2) is 13.4 Å². The Morgan fingerprint density at radius 1 is 1.45 bits per heavy atom. The maximum absolute atomic E-state index is 12.5. The van der Waals surface area contributed by atoms with Crippen molar-refractivity contribution in [3.05, 3.63) is 17.3 Å². The minimum Gasteiger partial charge on any atom is -0.436 e. The molecule has 1 fully saturated rings. The number of carbonyl (C=O) groups is 1. The third-order valence-electron chi connectivity index (χ3n) is 3.58. The standard InChI is InChI=1S/C13H20N2O4S/c1-8(2)11-12(19-9(3)14-11)13(16)15(4)10-5-6-20(17,18)7-10/h8,10H,5-7H2,1-4H3. The Balaban J connectivity index is 2.23. The van der Waals surface area contributed by atoms with E-state index in [1.54, 1.807) is 14.0 Å². The van der Waals surface area contributed by atoms with Gasteiger partial charge in [-0.05, 0) is 12.3 Å². The van der Waals surface area contributed by atoms with E-state index in [0.717, 1.165) is 0 Å². The predicted molar refractivity (Wildman–Crippen MR) is 74.5 cm³/mol. The number of amides is 1. The zero-order valence-corrected chi connectivity index (χ0v) is 13.0. The molecule has 0 bridgehead atoms. The molecule has 0 aromatic carbocycles. The van der Waals surface area contributed by atoms with Crippen LogP contribution in [0, 0.1) is 6.92 Å². The molecule has 2 heterocycles.